The standard InChI is InChI=1S/C15H23N3O3/c1-11-4-5-12(21-11)8-17-6-7-20-14-10-18(9-13(14)17)15(19)16(2)3/h4-5,13-14H,6-10H2,1-3H3/t13-,14+/m1/s1. The first kappa shape index (κ1) is 14.4. The van der Waals surface area contributed by atoms with E-state index in [1.54, 1.807) is 19.0 Å². The summed E-state index contributed by atoms with van der Waals surface area (Å²) in [4.78, 5) is 18.0. The number of rotatable bonds is 2. The van der Waals surface area contributed by atoms with Gasteiger partial charge in [0, 0.05) is 27.2 Å². The maximum absolute atomic E-state index is 12.1. The van der Waals surface area contributed by atoms with Gasteiger partial charge in [0.2, 0.25) is 0 Å². The Morgan fingerprint density at radius 1 is 1.38 bits per heavy atom. The average molecular weight is 293 g/mol. The fourth-order valence-corrected chi connectivity index (χ4v) is 3.16. The number of hydrogen-bond donors (Lipinski definition) is 0. The highest BCUT2D eigenvalue weighted by Crippen LogP contribution is 2.25. The summed E-state index contributed by atoms with van der Waals surface area (Å²) in [6, 6.07) is 4.33. The maximum atomic E-state index is 12.1. The van der Waals surface area contributed by atoms with Gasteiger partial charge < -0.3 is 19.0 Å². The van der Waals surface area contributed by atoms with Gasteiger partial charge >= 0.3 is 6.03 Å². The number of urea groups is 1. The summed E-state index contributed by atoms with van der Waals surface area (Å²) >= 11 is 0. The van der Waals surface area contributed by atoms with Crippen molar-refractivity contribution in [1.82, 2.24) is 14.7 Å². The molecule has 0 N–H and O–H groups in total. The van der Waals surface area contributed by atoms with Crippen LogP contribution < -0.4 is 0 Å². The van der Waals surface area contributed by atoms with Crippen LogP contribution in [0.15, 0.2) is 16.5 Å². The molecular formula is C15H23N3O3. The Hall–Kier alpha value is -1.53. The SMILES string of the molecule is Cc1ccc(CN2CCO[C@H]3CN(C(=O)N(C)C)C[C@H]32)o1. The normalized spacial score (nSPS) is 26.0. The van der Waals surface area contributed by atoms with E-state index in [9.17, 15) is 4.79 Å². The smallest absolute Gasteiger partial charge is 0.319 e. The Kier molecular flexibility index (Phi) is 3.91. The summed E-state index contributed by atoms with van der Waals surface area (Å²) < 4.78 is 11.5. The van der Waals surface area contributed by atoms with E-state index in [1.807, 2.05) is 24.0 Å². The van der Waals surface area contributed by atoms with Gasteiger partial charge in [0.05, 0.1) is 31.8 Å². The van der Waals surface area contributed by atoms with Gasteiger partial charge in [-0.15, -0.1) is 0 Å². The van der Waals surface area contributed by atoms with Gasteiger partial charge in [0.1, 0.15) is 11.5 Å². The summed E-state index contributed by atoms with van der Waals surface area (Å²) in [5.74, 6) is 1.91. The number of carbonyl (C=O) groups is 1. The topological polar surface area (TPSA) is 49.2 Å². The van der Waals surface area contributed by atoms with Crippen LogP contribution in [0.5, 0.6) is 0 Å². The number of likely N-dealkylation sites (tertiary alicyclic amines) is 1. The number of hydrogen-bond acceptors (Lipinski definition) is 4. The predicted octanol–water partition coefficient (Wildman–Crippen LogP) is 1.15. The van der Waals surface area contributed by atoms with Crippen molar-refractivity contribution < 1.29 is 13.9 Å². The van der Waals surface area contributed by atoms with Gasteiger partial charge in [-0.2, -0.15) is 0 Å². The fraction of sp³-hybridized carbons (Fsp3) is 0.667. The molecule has 2 saturated heterocycles. The molecule has 2 aliphatic rings. The monoisotopic (exact) mass is 293 g/mol. The van der Waals surface area contributed by atoms with Crippen LogP contribution >= 0.6 is 0 Å². The third-order valence-corrected chi connectivity index (χ3v) is 4.22. The molecule has 21 heavy (non-hydrogen) atoms. The van der Waals surface area contributed by atoms with Crippen LogP contribution in [0.4, 0.5) is 4.79 Å². The van der Waals surface area contributed by atoms with Crippen LogP contribution in [0, 0.1) is 6.92 Å². The van der Waals surface area contributed by atoms with E-state index in [0.29, 0.717) is 13.2 Å². The highest BCUT2D eigenvalue weighted by Gasteiger charge is 2.42. The van der Waals surface area contributed by atoms with Gasteiger partial charge in [-0.1, -0.05) is 0 Å². The second kappa shape index (κ2) is 5.69. The number of carbonyl (C=O) groups excluding carboxylic acids is 1. The lowest BCUT2D eigenvalue weighted by Gasteiger charge is -2.36. The van der Waals surface area contributed by atoms with Crippen molar-refractivity contribution in [3.63, 3.8) is 0 Å². The Labute approximate surface area is 125 Å². The van der Waals surface area contributed by atoms with Gasteiger partial charge in [-0.25, -0.2) is 4.79 Å². The first-order valence-corrected chi connectivity index (χ1v) is 7.42. The predicted molar refractivity (Wildman–Crippen MR) is 78.0 cm³/mol. The highest BCUT2D eigenvalue weighted by atomic mass is 16.5. The van der Waals surface area contributed by atoms with Gasteiger partial charge in [0.25, 0.3) is 0 Å². The van der Waals surface area contributed by atoms with Crippen molar-refractivity contribution in [2.24, 2.45) is 0 Å². The first-order valence-electron chi connectivity index (χ1n) is 7.42. The molecule has 0 aromatic carbocycles. The van der Waals surface area contributed by atoms with Crippen molar-refractivity contribution in [1.29, 1.82) is 0 Å². The molecule has 0 unspecified atom stereocenters. The third-order valence-electron chi connectivity index (χ3n) is 4.22. The molecule has 2 aliphatic heterocycles. The molecule has 6 heteroatoms. The molecule has 2 atom stereocenters. The van der Waals surface area contributed by atoms with E-state index < -0.39 is 0 Å². The Morgan fingerprint density at radius 3 is 2.86 bits per heavy atom. The molecule has 1 aromatic rings. The zero-order valence-electron chi connectivity index (χ0n) is 12.9. The summed E-state index contributed by atoms with van der Waals surface area (Å²) in [6.07, 6.45) is 0.110. The molecule has 0 bridgehead atoms. The minimum absolute atomic E-state index is 0.0572. The molecular weight excluding hydrogens is 270 g/mol. The zero-order valence-corrected chi connectivity index (χ0v) is 12.9. The van der Waals surface area contributed by atoms with E-state index >= 15 is 0 Å². The van der Waals surface area contributed by atoms with Crippen LogP contribution in [0.1, 0.15) is 11.5 Å². The van der Waals surface area contributed by atoms with Crippen molar-refractivity contribution in [3.05, 3.63) is 23.7 Å². The van der Waals surface area contributed by atoms with Gasteiger partial charge in [-0.05, 0) is 19.1 Å². The van der Waals surface area contributed by atoms with E-state index in [4.69, 9.17) is 9.15 Å². The molecule has 1 aromatic heterocycles. The minimum atomic E-state index is 0.0572. The van der Waals surface area contributed by atoms with Crippen LogP contribution in [-0.2, 0) is 11.3 Å². The van der Waals surface area contributed by atoms with Crippen LogP contribution in [0.25, 0.3) is 0 Å². The molecule has 2 amide bonds. The van der Waals surface area contributed by atoms with Crippen LogP contribution in [0.2, 0.25) is 0 Å². The quantitative estimate of drug-likeness (QED) is 0.821. The number of amides is 2. The van der Waals surface area contributed by atoms with E-state index in [2.05, 4.69) is 4.90 Å². The summed E-state index contributed by atoms with van der Waals surface area (Å²) in [7, 11) is 3.57. The molecule has 3 rings (SSSR count). The second-order valence-electron chi connectivity index (χ2n) is 6.04. The van der Waals surface area contributed by atoms with Crippen molar-refractivity contribution in [2.45, 2.75) is 25.6 Å². The van der Waals surface area contributed by atoms with Crippen molar-refractivity contribution in [2.75, 3.05) is 40.3 Å². The van der Waals surface area contributed by atoms with Crippen molar-refractivity contribution >= 4 is 6.03 Å². The lowest BCUT2D eigenvalue weighted by atomic mass is 10.1. The number of morpholine rings is 1. The maximum Gasteiger partial charge on any atom is 0.319 e. The molecule has 0 saturated carbocycles. The van der Waals surface area contributed by atoms with Crippen molar-refractivity contribution in [3.8, 4) is 0 Å². The third kappa shape index (κ3) is 2.91. The van der Waals surface area contributed by atoms with E-state index in [1.165, 1.54) is 0 Å². The van der Waals surface area contributed by atoms with E-state index in [0.717, 1.165) is 31.2 Å². The fourth-order valence-electron chi connectivity index (χ4n) is 3.16. The number of fused-ring (bicyclic) bond motifs is 1. The Balaban J connectivity index is 1.68. The number of nitrogens with zero attached hydrogens (tertiary/aromatic N) is 3. The summed E-state index contributed by atoms with van der Waals surface area (Å²) in [6.45, 7) is 5.73. The molecule has 2 fully saturated rings. The summed E-state index contributed by atoms with van der Waals surface area (Å²) in [5, 5.41) is 0. The van der Waals surface area contributed by atoms with Gasteiger partial charge in [-0.3, -0.25) is 4.90 Å². The lowest BCUT2D eigenvalue weighted by Crippen LogP contribution is -2.50. The Morgan fingerprint density at radius 2 is 2.19 bits per heavy atom. The largest absolute Gasteiger partial charge is 0.465 e. The Bertz CT molecular complexity index is 514. The van der Waals surface area contributed by atoms with Crippen LogP contribution in [0.3, 0.4) is 0 Å². The molecule has 6 nitrogen and oxygen atoms in total. The average Bonchev–Trinajstić information content (AvgIpc) is 3.04. The molecule has 3 heterocycles. The number of furan rings is 1. The minimum Gasteiger partial charge on any atom is -0.465 e. The first-order chi connectivity index (χ1) is 10.0. The zero-order chi connectivity index (χ0) is 15.0. The molecule has 116 valence electrons. The number of ether oxygens (including phenoxy) is 1. The second-order valence-corrected chi connectivity index (χ2v) is 6.04. The summed E-state index contributed by atoms with van der Waals surface area (Å²) in [5.41, 5.74) is 0. The lowest BCUT2D eigenvalue weighted by molar-refractivity contribution is -0.0522. The number of aryl methyl sites for hydroxylation is 1. The van der Waals surface area contributed by atoms with E-state index in [-0.39, 0.29) is 18.2 Å². The molecule has 0 spiro atoms. The molecule has 0 aliphatic carbocycles. The molecule has 0 radical (unpaired) electrons. The van der Waals surface area contributed by atoms with Gasteiger partial charge in [0.15, 0.2) is 0 Å². The van der Waals surface area contributed by atoms with Crippen LogP contribution in [-0.4, -0.2) is 73.2 Å². The highest BCUT2D eigenvalue weighted by molar-refractivity contribution is 5.74.